The molecule has 4 rings (SSSR count). The molecule has 0 radical (unpaired) electrons. The maximum Gasteiger partial charge on any atom is 0.235 e. The monoisotopic (exact) mass is 476 g/mol. The second-order valence-corrected chi connectivity index (χ2v) is 7.66. The molecule has 5 atom stereocenters. The lowest BCUT2D eigenvalue weighted by molar-refractivity contribution is -0.277. The Hall–Kier alpha value is -3.35. The number of hydrogen-bond donors (Lipinski definition) is 5. The van der Waals surface area contributed by atoms with Gasteiger partial charge >= 0.3 is 0 Å². The topological polar surface area (TPSA) is 164 Å². The predicted molar refractivity (Wildman–Crippen MR) is 115 cm³/mol. The van der Waals surface area contributed by atoms with E-state index in [1.807, 2.05) is 0 Å². The zero-order valence-corrected chi connectivity index (χ0v) is 18.2. The molecule has 182 valence electrons. The van der Waals surface area contributed by atoms with Crippen molar-refractivity contribution in [1.29, 1.82) is 0 Å². The number of methoxy groups -OCH3 is 2. The van der Waals surface area contributed by atoms with Crippen LogP contribution >= 0.6 is 0 Å². The Morgan fingerprint density at radius 3 is 2.35 bits per heavy atom. The van der Waals surface area contributed by atoms with E-state index in [4.69, 9.17) is 23.7 Å². The molecule has 2 aromatic carbocycles. The Morgan fingerprint density at radius 2 is 1.74 bits per heavy atom. The van der Waals surface area contributed by atoms with Gasteiger partial charge in [-0.3, -0.25) is 4.79 Å². The Labute approximate surface area is 194 Å². The lowest BCUT2D eigenvalue weighted by Crippen LogP contribution is -2.60. The Morgan fingerprint density at radius 1 is 1.03 bits per heavy atom. The molecule has 2 aromatic rings. The maximum absolute atomic E-state index is 13.2. The van der Waals surface area contributed by atoms with Crippen molar-refractivity contribution in [2.75, 3.05) is 20.8 Å². The third-order valence-electron chi connectivity index (χ3n) is 5.55. The van der Waals surface area contributed by atoms with Crippen molar-refractivity contribution in [2.24, 2.45) is 0 Å². The predicted octanol–water partition coefficient (Wildman–Crippen LogP) is 0.204. The highest BCUT2D eigenvalue weighted by atomic mass is 16.7. The zero-order valence-electron chi connectivity index (χ0n) is 18.2. The van der Waals surface area contributed by atoms with Gasteiger partial charge < -0.3 is 49.2 Å². The molecule has 0 unspecified atom stereocenters. The number of aliphatic hydroxyl groups excluding tert-OH is 4. The van der Waals surface area contributed by atoms with E-state index in [9.17, 15) is 30.3 Å². The smallest absolute Gasteiger partial charge is 0.235 e. The molecule has 0 aromatic heterocycles. The van der Waals surface area contributed by atoms with Gasteiger partial charge in [-0.15, -0.1) is 0 Å². The summed E-state index contributed by atoms with van der Waals surface area (Å²) in [5, 5.41) is 50.1. The first-order valence-corrected chi connectivity index (χ1v) is 10.3. The van der Waals surface area contributed by atoms with Gasteiger partial charge in [-0.25, -0.2) is 0 Å². The van der Waals surface area contributed by atoms with E-state index < -0.39 is 48.8 Å². The average Bonchev–Trinajstić information content (AvgIpc) is 3.15. The summed E-state index contributed by atoms with van der Waals surface area (Å²) in [5.41, 5.74) is 0.530. The molecule has 0 amide bonds. The number of ketones is 1. The number of ether oxygens (including phenoxy) is 5. The third kappa shape index (κ3) is 4.15. The van der Waals surface area contributed by atoms with E-state index in [0.29, 0.717) is 11.3 Å². The van der Waals surface area contributed by atoms with Gasteiger partial charge in [0, 0.05) is 6.07 Å². The third-order valence-corrected chi connectivity index (χ3v) is 5.55. The van der Waals surface area contributed by atoms with Gasteiger partial charge in [0.2, 0.25) is 17.8 Å². The zero-order chi connectivity index (χ0) is 24.6. The fourth-order valence-corrected chi connectivity index (χ4v) is 3.72. The van der Waals surface area contributed by atoms with Crippen LogP contribution in [-0.2, 0) is 4.74 Å². The number of phenolic OH excluding ortho intramolecular Hbond substituents is 1. The first-order chi connectivity index (χ1) is 16.3. The number of carbonyl (C=O) groups excluding carboxylic acids is 1. The minimum Gasteiger partial charge on any atom is -0.504 e. The molecular weight excluding hydrogens is 452 g/mol. The summed E-state index contributed by atoms with van der Waals surface area (Å²) >= 11 is 0. The number of phenols is 1. The minimum absolute atomic E-state index is 0.0808. The fraction of sp³-hybridized carbons (Fsp3) is 0.348. The largest absolute Gasteiger partial charge is 0.504 e. The van der Waals surface area contributed by atoms with Crippen molar-refractivity contribution in [1.82, 2.24) is 0 Å². The van der Waals surface area contributed by atoms with Crippen molar-refractivity contribution in [3.05, 3.63) is 47.2 Å². The summed E-state index contributed by atoms with van der Waals surface area (Å²) in [7, 11) is 2.82. The summed E-state index contributed by atoms with van der Waals surface area (Å²) in [6.45, 7) is -0.659. The molecule has 5 N–H and O–H groups in total. The number of allylic oxidation sites excluding steroid dienone is 1. The normalized spacial score (nSPS) is 27.3. The van der Waals surface area contributed by atoms with Crippen LogP contribution in [0.3, 0.4) is 0 Å². The summed E-state index contributed by atoms with van der Waals surface area (Å²) < 4.78 is 27.0. The number of aliphatic hydroxyl groups is 4. The number of fused-ring (bicyclic) bond motifs is 1. The molecule has 11 heteroatoms. The lowest BCUT2D eigenvalue weighted by atomic mass is 9.99. The fourth-order valence-electron chi connectivity index (χ4n) is 3.72. The van der Waals surface area contributed by atoms with Crippen LogP contribution in [0.2, 0.25) is 0 Å². The molecule has 0 aliphatic carbocycles. The van der Waals surface area contributed by atoms with Gasteiger partial charge in [-0.1, -0.05) is 12.1 Å². The highest BCUT2D eigenvalue weighted by Crippen LogP contribution is 2.50. The Kier molecular flexibility index (Phi) is 6.64. The lowest BCUT2D eigenvalue weighted by Gasteiger charge is -2.39. The minimum atomic E-state index is -1.72. The van der Waals surface area contributed by atoms with Crippen molar-refractivity contribution in [3.63, 3.8) is 0 Å². The highest BCUT2D eigenvalue weighted by Gasteiger charge is 2.46. The van der Waals surface area contributed by atoms with Gasteiger partial charge in [-0.2, -0.15) is 0 Å². The SMILES string of the molecule is COc1ccc(/C=C2\Oc3c(OC)c(O)cc(O[C@@H]4O[C@H](CO)[C@@H](O)[C@H](O)[C@H]4O)c3C2=O)cc1. The van der Waals surface area contributed by atoms with E-state index >= 15 is 0 Å². The molecule has 2 heterocycles. The van der Waals surface area contributed by atoms with E-state index in [2.05, 4.69) is 0 Å². The molecule has 1 saturated heterocycles. The summed E-state index contributed by atoms with van der Waals surface area (Å²) in [6, 6.07) is 7.92. The number of benzene rings is 2. The van der Waals surface area contributed by atoms with Crippen LogP contribution in [0.4, 0.5) is 0 Å². The molecule has 0 saturated carbocycles. The molecule has 0 bridgehead atoms. The molecule has 34 heavy (non-hydrogen) atoms. The van der Waals surface area contributed by atoms with Crippen molar-refractivity contribution >= 4 is 11.9 Å². The van der Waals surface area contributed by atoms with Crippen LogP contribution in [0, 0.1) is 0 Å². The van der Waals surface area contributed by atoms with E-state index in [-0.39, 0.29) is 28.6 Å². The van der Waals surface area contributed by atoms with Crippen molar-refractivity contribution in [3.8, 4) is 28.7 Å². The van der Waals surface area contributed by atoms with Crippen LogP contribution < -0.4 is 18.9 Å². The van der Waals surface area contributed by atoms with Gasteiger partial charge in [-0.05, 0) is 23.8 Å². The molecule has 1 fully saturated rings. The number of rotatable bonds is 6. The Bertz CT molecular complexity index is 1090. The van der Waals surface area contributed by atoms with Crippen LogP contribution in [0.15, 0.2) is 36.1 Å². The van der Waals surface area contributed by atoms with Crippen LogP contribution in [0.25, 0.3) is 6.08 Å². The number of Topliss-reactive ketones (excluding diaryl/α,β-unsaturated/α-hetero) is 1. The van der Waals surface area contributed by atoms with E-state index in [0.717, 1.165) is 6.07 Å². The van der Waals surface area contributed by atoms with E-state index in [1.54, 1.807) is 24.3 Å². The van der Waals surface area contributed by atoms with Gasteiger partial charge in [0.15, 0.2) is 17.3 Å². The average molecular weight is 476 g/mol. The summed E-state index contributed by atoms with van der Waals surface area (Å²) in [6.07, 6.45) is -6.30. The standard InChI is InChI=1S/C23H24O11/c1-30-11-5-3-10(4-6-11)7-14-17(26)16-13(8-12(25)21(31-2)22(16)32-14)33-23-20(29)19(28)18(27)15(9-24)34-23/h3-8,15,18-20,23-25,27-29H,9H2,1-2H3/b14-7-/t15-,18-,19+,20-,23-/m1/s1. The summed E-state index contributed by atoms with van der Waals surface area (Å²) in [5.74, 6) is -0.896. The first-order valence-electron chi connectivity index (χ1n) is 10.3. The highest BCUT2D eigenvalue weighted by molar-refractivity contribution is 6.17. The second kappa shape index (κ2) is 9.49. The van der Waals surface area contributed by atoms with Gasteiger partial charge in [0.05, 0.1) is 20.8 Å². The van der Waals surface area contributed by atoms with Crippen LogP contribution in [-0.4, -0.2) is 82.8 Å². The second-order valence-electron chi connectivity index (χ2n) is 7.66. The van der Waals surface area contributed by atoms with Crippen molar-refractivity contribution < 1.29 is 54.0 Å². The molecule has 2 aliphatic rings. The van der Waals surface area contributed by atoms with Gasteiger partial charge in [0.25, 0.3) is 0 Å². The summed E-state index contributed by atoms with van der Waals surface area (Å²) in [4.78, 5) is 13.2. The first kappa shape index (κ1) is 23.8. The van der Waals surface area contributed by atoms with Crippen LogP contribution in [0.5, 0.6) is 28.7 Å². The molecular formula is C23H24O11. The molecule has 0 spiro atoms. The van der Waals surface area contributed by atoms with E-state index in [1.165, 1.54) is 20.3 Å². The quantitative estimate of drug-likeness (QED) is 0.362. The van der Waals surface area contributed by atoms with Gasteiger partial charge in [0.1, 0.15) is 41.5 Å². The molecule has 2 aliphatic heterocycles. The Balaban J connectivity index is 1.70. The van der Waals surface area contributed by atoms with Crippen LogP contribution in [0.1, 0.15) is 15.9 Å². The molecule has 11 nitrogen and oxygen atoms in total. The number of hydrogen-bond acceptors (Lipinski definition) is 11. The number of aromatic hydroxyl groups is 1. The number of carbonyl (C=O) groups is 1. The maximum atomic E-state index is 13.2. The van der Waals surface area contributed by atoms with Crippen molar-refractivity contribution in [2.45, 2.75) is 30.7 Å².